The van der Waals surface area contributed by atoms with Crippen molar-refractivity contribution in [3.05, 3.63) is 25.0 Å². The van der Waals surface area contributed by atoms with Gasteiger partial charge in [0.2, 0.25) is 0 Å². The zero-order valence-corrected chi connectivity index (χ0v) is 7.38. The quantitative estimate of drug-likeness (QED) is 0.310. The van der Waals surface area contributed by atoms with Crippen LogP contribution in [0.2, 0.25) is 0 Å². The van der Waals surface area contributed by atoms with Crippen LogP contribution in [0.4, 0.5) is 0 Å². The number of allylic oxidation sites excluding steroid dienone is 1. The van der Waals surface area contributed by atoms with Crippen molar-refractivity contribution in [2.75, 3.05) is 6.61 Å². The molecule has 0 atom stereocenters. The summed E-state index contributed by atoms with van der Waals surface area (Å²) in [4.78, 5) is 0. The summed E-state index contributed by atoms with van der Waals surface area (Å²) in [5.41, 5.74) is 0. The minimum atomic E-state index is 0.615. The lowest BCUT2D eigenvalue weighted by Gasteiger charge is -1.93. The van der Waals surface area contributed by atoms with Gasteiger partial charge in [-0.05, 0) is 18.9 Å². The van der Waals surface area contributed by atoms with Gasteiger partial charge in [-0.15, -0.1) is 0 Å². The molecule has 0 spiro atoms. The van der Waals surface area contributed by atoms with Gasteiger partial charge in [-0.3, -0.25) is 0 Å². The first-order valence-electron chi connectivity index (χ1n) is 4.29. The van der Waals surface area contributed by atoms with E-state index in [1.54, 1.807) is 12.3 Å². The van der Waals surface area contributed by atoms with Gasteiger partial charge in [0, 0.05) is 0 Å². The lowest BCUT2D eigenvalue weighted by atomic mass is 10.2. The maximum absolute atomic E-state index is 5.06. The number of unbranched alkanes of at least 4 members (excludes halogenated alkanes) is 3. The van der Waals surface area contributed by atoms with Crippen LogP contribution in [0.1, 0.15) is 32.6 Å². The molecule has 0 N–H and O–H groups in total. The highest BCUT2D eigenvalue weighted by atomic mass is 16.5. The smallest absolute Gasteiger partial charge is 0.105 e. The zero-order valence-electron chi connectivity index (χ0n) is 7.38. The van der Waals surface area contributed by atoms with Gasteiger partial charge in [0.1, 0.15) is 6.61 Å². The molecular weight excluding hydrogens is 136 g/mol. The second kappa shape index (κ2) is 9.28. The Morgan fingerprint density at radius 2 is 2.18 bits per heavy atom. The summed E-state index contributed by atoms with van der Waals surface area (Å²) in [5.74, 6) is 0. The van der Waals surface area contributed by atoms with Gasteiger partial charge in [-0.25, -0.2) is 0 Å². The SMILES string of the molecule is C=CCOC=CCCCCC. The van der Waals surface area contributed by atoms with Crippen LogP contribution in [0.5, 0.6) is 0 Å². The molecule has 0 aliphatic carbocycles. The fourth-order valence-electron chi connectivity index (χ4n) is 0.772. The Bertz CT molecular complexity index is 105. The molecule has 0 heterocycles. The molecule has 0 saturated heterocycles. The largest absolute Gasteiger partial charge is 0.497 e. The van der Waals surface area contributed by atoms with Crippen LogP contribution in [0, 0.1) is 0 Å². The minimum absolute atomic E-state index is 0.615. The van der Waals surface area contributed by atoms with E-state index in [0.29, 0.717) is 6.61 Å². The van der Waals surface area contributed by atoms with E-state index in [0.717, 1.165) is 6.42 Å². The summed E-state index contributed by atoms with van der Waals surface area (Å²) in [6.07, 6.45) is 10.6. The molecule has 64 valence electrons. The van der Waals surface area contributed by atoms with E-state index >= 15 is 0 Å². The van der Waals surface area contributed by atoms with Gasteiger partial charge in [-0.1, -0.05) is 32.4 Å². The molecule has 1 nitrogen and oxygen atoms in total. The van der Waals surface area contributed by atoms with E-state index in [2.05, 4.69) is 19.6 Å². The number of hydrogen-bond acceptors (Lipinski definition) is 1. The summed E-state index contributed by atoms with van der Waals surface area (Å²) in [6, 6.07) is 0. The van der Waals surface area contributed by atoms with Crippen molar-refractivity contribution in [1.29, 1.82) is 0 Å². The minimum Gasteiger partial charge on any atom is -0.497 e. The Hall–Kier alpha value is -0.720. The summed E-state index contributed by atoms with van der Waals surface area (Å²) < 4.78 is 5.06. The molecule has 0 aromatic carbocycles. The van der Waals surface area contributed by atoms with Crippen molar-refractivity contribution in [1.82, 2.24) is 0 Å². The molecule has 0 saturated carbocycles. The van der Waals surface area contributed by atoms with E-state index in [4.69, 9.17) is 4.74 Å². The van der Waals surface area contributed by atoms with Crippen LogP contribution < -0.4 is 0 Å². The van der Waals surface area contributed by atoms with Crippen molar-refractivity contribution in [3.8, 4) is 0 Å². The van der Waals surface area contributed by atoms with Crippen molar-refractivity contribution in [3.63, 3.8) is 0 Å². The number of hydrogen-bond donors (Lipinski definition) is 0. The third-order valence-electron chi connectivity index (χ3n) is 1.38. The fraction of sp³-hybridized carbons (Fsp3) is 0.600. The molecule has 0 unspecified atom stereocenters. The van der Waals surface area contributed by atoms with E-state index in [-0.39, 0.29) is 0 Å². The molecule has 1 heteroatoms. The summed E-state index contributed by atoms with van der Waals surface area (Å²) in [6.45, 7) is 6.37. The Labute approximate surface area is 69.8 Å². The monoisotopic (exact) mass is 154 g/mol. The maximum atomic E-state index is 5.06. The van der Waals surface area contributed by atoms with E-state index in [1.165, 1.54) is 19.3 Å². The van der Waals surface area contributed by atoms with E-state index in [9.17, 15) is 0 Å². The fourth-order valence-corrected chi connectivity index (χ4v) is 0.772. The molecule has 0 bridgehead atoms. The maximum Gasteiger partial charge on any atom is 0.105 e. The van der Waals surface area contributed by atoms with Crippen molar-refractivity contribution in [2.24, 2.45) is 0 Å². The molecular formula is C10H18O. The molecule has 11 heavy (non-hydrogen) atoms. The number of ether oxygens (including phenoxy) is 1. The van der Waals surface area contributed by atoms with E-state index < -0.39 is 0 Å². The van der Waals surface area contributed by atoms with Gasteiger partial charge in [-0.2, -0.15) is 0 Å². The molecule has 0 aromatic heterocycles. The molecule has 0 aliphatic rings. The van der Waals surface area contributed by atoms with Crippen LogP contribution in [0.3, 0.4) is 0 Å². The first-order chi connectivity index (χ1) is 5.41. The van der Waals surface area contributed by atoms with E-state index in [1.807, 2.05) is 0 Å². The van der Waals surface area contributed by atoms with Crippen LogP contribution in [-0.2, 0) is 4.74 Å². The predicted octanol–water partition coefficient (Wildman–Crippen LogP) is 3.28. The Morgan fingerprint density at radius 1 is 1.36 bits per heavy atom. The standard InChI is InChI=1S/C10H18O/c1-3-5-6-7-8-10-11-9-4-2/h4,8,10H,2-3,5-7,9H2,1H3. The van der Waals surface area contributed by atoms with Crippen molar-refractivity contribution in [2.45, 2.75) is 32.6 Å². The van der Waals surface area contributed by atoms with Crippen LogP contribution >= 0.6 is 0 Å². The van der Waals surface area contributed by atoms with Gasteiger partial charge in [0.25, 0.3) is 0 Å². The lowest BCUT2D eigenvalue weighted by molar-refractivity contribution is 0.288. The molecule has 0 aliphatic heterocycles. The van der Waals surface area contributed by atoms with Gasteiger partial charge in [0.15, 0.2) is 0 Å². The Morgan fingerprint density at radius 3 is 2.82 bits per heavy atom. The topological polar surface area (TPSA) is 9.23 Å². The van der Waals surface area contributed by atoms with Gasteiger partial charge >= 0.3 is 0 Å². The van der Waals surface area contributed by atoms with Gasteiger partial charge < -0.3 is 4.74 Å². The molecule has 0 amide bonds. The summed E-state index contributed by atoms with van der Waals surface area (Å²) in [5, 5.41) is 0. The highest BCUT2D eigenvalue weighted by Crippen LogP contribution is 1.99. The first kappa shape index (κ1) is 10.3. The highest BCUT2D eigenvalue weighted by molar-refractivity contribution is 4.75. The lowest BCUT2D eigenvalue weighted by Crippen LogP contribution is -1.78. The molecule has 0 aromatic rings. The summed E-state index contributed by atoms with van der Waals surface area (Å²) >= 11 is 0. The molecule has 0 fully saturated rings. The second-order valence-electron chi connectivity index (χ2n) is 2.49. The second-order valence-corrected chi connectivity index (χ2v) is 2.49. The Kier molecular flexibility index (Phi) is 8.67. The average molecular weight is 154 g/mol. The average Bonchev–Trinajstić information content (AvgIpc) is 2.03. The van der Waals surface area contributed by atoms with Crippen molar-refractivity contribution < 1.29 is 4.74 Å². The predicted molar refractivity (Wildman–Crippen MR) is 49.4 cm³/mol. The third kappa shape index (κ3) is 9.28. The van der Waals surface area contributed by atoms with Crippen LogP contribution in [-0.4, -0.2) is 6.61 Å². The summed E-state index contributed by atoms with van der Waals surface area (Å²) in [7, 11) is 0. The van der Waals surface area contributed by atoms with Gasteiger partial charge in [0.05, 0.1) is 6.26 Å². The number of rotatable bonds is 7. The highest BCUT2D eigenvalue weighted by Gasteiger charge is 1.80. The van der Waals surface area contributed by atoms with Crippen LogP contribution in [0.25, 0.3) is 0 Å². The Balaban J connectivity index is 2.97. The molecule has 0 rings (SSSR count). The molecule has 0 radical (unpaired) electrons. The van der Waals surface area contributed by atoms with Crippen molar-refractivity contribution >= 4 is 0 Å². The zero-order chi connectivity index (χ0) is 8.36. The first-order valence-corrected chi connectivity index (χ1v) is 4.29. The third-order valence-corrected chi connectivity index (χ3v) is 1.38. The van der Waals surface area contributed by atoms with Crippen LogP contribution in [0.15, 0.2) is 25.0 Å². The normalized spacial score (nSPS) is 10.3.